The number of hydrogen-bond acceptors (Lipinski definition) is 5. The summed E-state index contributed by atoms with van der Waals surface area (Å²) in [4.78, 5) is 27.1. The molecule has 2 rings (SSSR count). The summed E-state index contributed by atoms with van der Waals surface area (Å²) in [6.07, 6.45) is 1.54. The number of ether oxygens (including phenoxy) is 1. The van der Waals surface area contributed by atoms with Gasteiger partial charge in [0.15, 0.2) is 0 Å². The van der Waals surface area contributed by atoms with Crippen molar-refractivity contribution >= 4 is 27.5 Å². The molecule has 2 amide bonds. The highest BCUT2D eigenvalue weighted by Gasteiger charge is 2.26. The van der Waals surface area contributed by atoms with E-state index in [4.69, 9.17) is 4.74 Å². The highest BCUT2D eigenvalue weighted by Crippen LogP contribution is 2.23. The van der Waals surface area contributed by atoms with Crippen LogP contribution in [0, 0.1) is 0 Å². The van der Waals surface area contributed by atoms with Crippen LogP contribution in [0.25, 0.3) is 0 Å². The van der Waals surface area contributed by atoms with Gasteiger partial charge in [0, 0.05) is 32.1 Å². The summed E-state index contributed by atoms with van der Waals surface area (Å²) < 4.78 is 31.2. The van der Waals surface area contributed by atoms with Crippen molar-refractivity contribution < 1.29 is 22.7 Å². The van der Waals surface area contributed by atoms with Crippen molar-refractivity contribution in [3.05, 3.63) is 60.2 Å². The van der Waals surface area contributed by atoms with E-state index in [1.165, 1.54) is 16.3 Å². The molecule has 0 aliphatic heterocycles. The van der Waals surface area contributed by atoms with Gasteiger partial charge in [-0.25, -0.2) is 8.42 Å². The fraction of sp³-hybridized carbons (Fsp3) is 0.417. The molecule has 0 fully saturated rings. The third-order valence-corrected chi connectivity index (χ3v) is 6.40. The fourth-order valence-electron chi connectivity index (χ4n) is 3.45. The first-order valence-corrected chi connectivity index (χ1v) is 12.7. The second-order valence-electron chi connectivity index (χ2n) is 7.72. The van der Waals surface area contributed by atoms with Crippen molar-refractivity contribution in [1.29, 1.82) is 0 Å². The number of likely N-dealkylation sites (N-methyl/N-ethyl adjacent to an activating group) is 1. The first-order chi connectivity index (χ1) is 15.7. The number of hydrogen-bond donors (Lipinski definition) is 1. The third-order valence-electron chi connectivity index (χ3n) is 5.21. The molecule has 0 spiro atoms. The van der Waals surface area contributed by atoms with Crippen molar-refractivity contribution in [2.45, 2.75) is 39.3 Å². The van der Waals surface area contributed by atoms with Crippen LogP contribution in [0.1, 0.15) is 32.3 Å². The van der Waals surface area contributed by atoms with Crippen LogP contribution in [0.4, 0.5) is 5.69 Å². The van der Waals surface area contributed by atoms with Crippen LogP contribution in [0.15, 0.2) is 54.6 Å². The largest absolute Gasteiger partial charge is 0.497 e. The molecule has 0 heterocycles. The van der Waals surface area contributed by atoms with E-state index in [0.29, 0.717) is 30.9 Å². The summed E-state index contributed by atoms with van der Waals surface area (Å²) in [7, 11) is -2.04. The molecule has 0 aliphatic carbocycles. The molecular formula is C24H33N3O5S. The zero-order valence-corrected chi connectivity index (χ0v) is 20.5. The molecule has 1 unspecified atom stereocenters. The van der Waals surface area contributed by atoms with Gasteiger partial charge in [0.05, 0.1) is 19.1 Å². The monoisotopic (exact) mass is 475 g/mol. The van der Waals surface area contributed by atoms with Gasteiger partial charge in [-0.3, -0.25) is 13.9 Å². The maximum atomic E-state index is 13.1. The highest BCUT2D eigenvalue weighted by atomic mass is 32.2. The minimum Gasteiger partial charge on any atom is -0.497 e. The standard InChI is InChI=1S/C24H33N3O5S/c1-5-25-24(29)19(2)26(18-20-11-7-6-8-12-20)23(28)15-10-16-27(33(4,30)31)21-13-9-14-22(17-21)32-3/h6-9,11-14,17,19H,5,10,15-16,18H2,1-4H3,(H,25,29). The van der Waals surface area contributed by atoms with Gasteiger partial charge in [-0.15, -0.1) is 0 Å². The Morgan fingerprint density at radius 3 is 2.39 bits per heavy atom. The summed E-state index contributed by atoms with van der Waals surface area (Å²) in [5.74, 6) is 0.106. The predicted molar refractivity (Wildman–Crippen MR) is 130 cm³/mol. The van der Waals surface area contributed by atoms with Crippen molar-refractivity contribution in [1.82, 2.24) is 10.2 Å². The van der Waals surface area contributed by atoms with E-state index in [-0.39, 0.29) is 24.8 Å². The molecular weight excluding hydrogens is 442 g/mol. The van der Waals surface area contributed by atoms with E-state index < -0.39 is 16.1 Å². The lowest BCUT2D eigenvalue weighted by Gasteiger charge is -2.29. The summed E-state index contributed by atoms with van der Waals surface area (Å²) in [5, 5.41) is 2.76. The van der Waals surface area contributed by atoms with Gasteiger partial charge >= 0.3 is 0 Å². The molecule has 8 nitrogen and oxygen atoms in total. The van der Waals surface area contributed by atoms with Crippen LogP contribution in [0.2, 0.25) is 0 Å². The molecule has 0 aromatic heterocycles. The van der Waals surface area contributed by atoms with Gasteiger partial charge in [-0.05, 0) is 38.0 Å². The van der Waals surface area contributed by atoms with E-state index in [1.54, 1.807) is 31.2 Å². The number of anilines is 1. The second kappa shape index (κ2) is 12.2. The minimum absolute atomic E-state index is 0.104. The third kappa shape index (κ3) is 7.78. The Labute approximate surface area is 196 Å². The van der Waals surface area contributed by atoms with Crippen LogP contribution in [0.3, 0.4) is 0 Å². The molecule has 0 saturated carbocycles. The van der Waals surface area contributed by atoms with Crippen molar-refractivity contribution in [3.8, 4) is 5.75 Å². The highest BCUT2D eigenvalue weighted by molar-refractivity contribution is 7.92. The summed E-state index contributed by atoms with van der Waals surface area (Å²) in [6.45, 7) is 4.42. The lowest BCUT2D eigenvalue weighted by Crippen LogP contribution is -2.47. The van der Waals surface area contributed by atoms with E-state index in [2.05, 4.69) is 5.32 Å². The Kier molecular flexibility index (Phi) is 9.72. The summed E-state index contributed by atoms with van der Waals surface area (Å²) in [6, 6.07) is 15.6. The number of amides is 2. The Morgan fingerprint density at radius 2 is 1.79 bits per heavy atom. The predicted octanol–water partition coefficient (Wildman–Crippen LogP) is 2.79. The van der Waals surface area contributed by atoms with Crippen LogP contribution >= 0.6 is 0 Å². The lowest BCUT2D eigenvalue weighted by atomic mass is 10.1. The van der Waals surface area contributed by atoms with E-state index in [0.717, 1.165) is 11.8 Å². The number of nitrogens with zero attached hydrogens (tertiary/aromatic N) is 2. The Hall–Kier alpha value is -3.07. The first kappa shape index (κ1) is 26.2. The summed E-state index contributed by atoms with van der Waals surface area (Å²) >= 11 is 0. The first-order valence-electron chi connectivity index (χ1n) is 10.9. The van der Waals surface area contributed by atoms with Gasteiger partial charge in [0.2, 0.25) is 21.8 Å². The van der Waals surface area contributed by atoms with Gasteiger partial charge in [0.1, 0.15) is 11.8 Å². The van der Waals surface area contributed by atoms with Crippen LogP contribution in [-0.2, 0) is 26.2 Å². The Balaban J connectivity index is 2.14. The molecule has 0 radical (unpaired) electrons. The number of nitrogens with one attached hydrogen (secondary N) is 1. The number of sulfonamides is 1. The van der Waals surface area contributed by atoms with E-state index in [9.17, 15) is 18.0 Å². The fourth-order valence-corrected chi connectivity index (χ4v) is 4.41. The molecule has 9 heteroatoms. The molecule has 0 aliphatic rings. The van der Waals surface area contributed by atoms with Crippen LogP contribution in [-0.4, -0.2) is 57.6 Å². The quantitative estimate of drug-likeness (QED) is 0.509. The number of benzene rings is 2. The van der Waals surface area contributed by atoms with Crippen molar-refractivity contribution in [2.24, 2.45) is 0 Å². The smallest absolute Gasteiger partial charge is 0.242 e. The van der Waals surface area contributed by atoms with Crippen LogP contribution < -0.4 is 14.4 Å². The normalized spacial score (nSPS) is 12.0. The van der Waals surface area contributed by atoms with E-state index >= 15 is 0 Å². The van der Waals surface area contributed by atoms with Gasteiger partial charge in [0.25, 0.3) is 0 Å². The van der Waals surface area contributed by atoms with Gasteiger partial charge < -0.3 is 15.0 Å². The molecule has 1 atom stereocenters. The summed E-state index contributed by atoms with van der Waals surface area (Å²) in [5.41, 5.74) is 1.39. The molecule has 180 valence electrons. The number of carbonyl (C=O) groups excluding carboxylic acids is 2. The number of carbonyl (C=O) groups is 2. The van der Waals surface area contributed by atoms with Crippen molar-refractivity contribution in [3.63, 3.8) is 0 Å². The Morgan fingerprint density at radius 1 is 1.09 bits per heavy atom. The zero-order valence-electron chi connectivity index (χ0n) is 19.7. The number of rotatable bonds is 12. The second-order valence-corrected chi connectivity index (χ2v) is 9.62. The molecule has 1 N–H and O–H groups in total. The average molecular weight is 476 g/mol. The maximum absolute atomic E-state index is 13.1. The molecule has 33 heavy (non-hydrogen) atoms. The molecule has 2 aromatic rings. The van der Waals surface area contributed by atoms with Crippen LogP contribution in [0.5, 0.6) is 5.75 Å². The zero-order chi connectivity index (χ0) is 24.4. The maximum Gasteiger partial charge on any atom is 0.242 e. The number of methoxy groups -OCH3 is 1. The topological polar surface area (TPSA) is 96.0 Å². The Bertz CT molecular complexity index is 1030. The molecule has 0 bridgehead atoms. The van der Waals surface area contributed by atoms with Gasteiger partial charge in [-0.1, -0.05) is 36.4 Å². The SMILES string of the molecule is CCNC(=O)C(C)N(Cc1ccccc1)C(=O)CCCN(c1cccc(OC)c1)S(C)(=O)=O. The minimum atomic E-state index is -3.56. The average Bonchev–Trinajstić information content (AvgIpc) is 2.79. The van der Waals surface area contributed by atoms with Crippen molar-refractivity contribution in [2.75, 3.05) is 30.8 Å². The molecule has 2 aromatic carbocycles. The van der Waals surface area contributed by atoms with E-state index in [1.807, 2.05) is 37.3 Å². The molecule has 0 saturated heterocycles. The lowest BCUT2D eigenvalue weighted by molar-refractivity contribution is -0.140. The van der Waals surface area contributed by atoms with Gasteiger partial charge in [-0.2, -0.15) is 0 Å².